The van der Waals surface area contributed by atoms with Gasteiger partial charge in [-0.2, -0.15) is 0 Å². The van der Waals surface area contributed by atoms with Crippen molar-refractivity contribution in [3.63, 3.8) is 0 Å². The van der Waals surface area contributed by atoms with Crippen molar-refractivity contribution < 1.29 is 14.0 Å². The van der Waals surface area contributed by atoms with Gasteiger partial charge in [0.15, 0.2) is 0 Å². The summed E-state index contributed by atoms with van der Waals surface area (Å²) < 4.78 is 13.2. The van der Waals surface area contributed by atoms with Gasteiger partial charge in [0.25, 0.3) is 5.91 Å². The second kappa shape index (κ2) is 9.13. The summed E-state index contributed by atoms with van der Waals surface area (Å²) in [6.45, 7) is 6.09. The maximum absolute atomic E-state index is 13.2. The molecule has 0 radical (unpaired) electrons. The second-order valence-corrected chi connectivity index (χ2v) is 6.73. The standard InChI is InChI=1S/C21H25FN2O2/c1-14(2)19(24-20(25)17-9-7-15(3)8-10-17)21(26)23-12-11-16-5-4-6-18(22)13-16/h4-10,13-14,19H,11-12H2,1-3H3,(H,23,26)(H,24,25). The van der Waals surface area contributed by atoms with E-state index in [1.807, 2.05) is 39.0 Å². The molecule has 2 aromatic carbocycles. The van der Waals surface area contributed by atoms with Gasteiger partial charge in [-0.05, 0) is 49.1 Å². The molecule has 0 aromatic heterocycles. The van der Waals surface area contributed by atoms with Gasteiger partial charge in [-0.1, -0.05) is 43.7 Å². The van der Waals surface area contributed by atoms with Crippen LogP contribution in [0.15, 0.2) is 48.5 Å². The van der Waals surface area contributed by atoms with Crippen LogP contribution in [0.25, 0.3) is 0 Å². The number of benzene rings is 2. The highest BCUT2D eigenvalue weighted by Crippen LogP contribution is 2.08. The SMILES string of the molecule is Cc1ccc(C(=O)NC(C(=O)NCCc2cccc(F)c2)C(C)C)cc1. The molecule has 0 fully saturated rings. The van der Waals surface area contributed by atoms with Crippen LogP contribution in [0.5, 0.6) is 0 Å². The number of carbonyl (C=O) groups excluding carboxylic acids is 2. The maximum atomic E-state index is 13.2. The highest BCUT2D eigenvalue weighted by molar-refractivity contribution is 5.97. The van der Waals surface area contributed by atoms with Crippen LogP contribution in [0.2, 0.25) is 0 Å². The number of halogens is 1. The summed E-state index contributed by atoms with van der Waals surface area (Å²) in [5.74, 6) is -0.862. The van der Waals surface area contributed by atoms with Gasteiger partial charge in [-0.3, -0.25) is 9.59 Å². The highest BCUT2D eigenvalue weighted by atomic mass is 19.1. The summed E-state index contributed by atoms with van der Waals surface area (Å²) in [7, 11) is 0. The zero-order valence-corrected chi connectivity index (χ0v) is 15.4. The number of carbonyl (C=O) groups is 2. The Bertz CT molecular complexity index is 757. The zero-order valence-electron chi connectivity index (χ0n) is 15.4. The molecule has 0 saturated heterocycles. The van der Waals surface area contributed by atoms with Crippen LogP contribution in [-0.4, -0.2) is 24.4 Å². The summed E-state index contributed by atoms with van der Waals surface area (Å²) in [4.78, 5) is 24.8. The van der Waals surface area contributed by atoms with Crippen molar-refractivity contribution in [1.29, 1.82) is 0 Å². The third-order valence-corrected chi connectivity index (χ3v) is 4.15. The monoisotopic (exact) mass is 356 g/mol. The van der Waals surface area contributed by atoms with E-state index in [1.165, 1.54) is 12.1 Å². The predicted molar refractivity (Wildman–Crippen MR) is 100 cm³/mol. The molecule has 0 aliphatic carbocycles. The first-order valence-corrected chi connectivity index (χ1v) is 8.76. The van der Waals surface area contributed by atoms with E-state index in [-0.39, 0.29) is 23.5 Å². The molecule has 5 heteroatoms. The summed E-state index contributed by atoms with van der Waals surface area (Å²) in [5, 5.41) is 5.62. The van der Waals surface area contributed by atoms with Gasteiger partial charge in [0.05, 0.1) is 0 Å². The van der Waals surface area contributed by atoms with Crippen LogP contribution in [0.3, 0.4) is 0 Å². The highest BCUT2D eigenvalue weighted by Gasteiger charge is 2.24. The average Bonchev–Trinajstić information content (AvgIpc) is 2.59. The van der Waals surface area contributed by atoms with Gasteiger partial charge in [-0.15, -0.1) is 0 Å². The van der Waals surface area contributed by atoms with Gasteiger partial charge in [0.1, 0.15) is 11.9 Å². The maximum Gasteiger partial charge on any atom is 0.251 e. The molecule has 2 N–H and O–H groups in total. The van der Waals surface area contributed by atoms with E-state index in [9.17, 15) is 14.0 Å². The number of aryl methyl sites for hydroxylation is 1. The van der Waals surface area contributed by atoms with Crippen molar-refractivity contribution in [3.8, 4) is 0 Å². The van der Waals surface area contributed by atoms with Crippen LogP contribution >= 0.6 is 0 Å². The molecular weight excluding hydrogens is 331 g/mol. The van der Waals surface area contributed by atoms with Crippen LogP contribution in [-0.2, 0) is 11.2 Å². The lowest BCUT2D eigenvalue weighted by molar-refractivity contribution is -0.123. The van der Waals surface area contributed by atoms with E-state index in [2.05, 4.69) is 10.6 Å². The van der Waals surface area contributed by atoms with Crippen LogP contribution in [0.1, 0.15) is 35.3 Å². The Balaban J connectivity index is 1.92. The molecule has 0 heterocycles. The van der Waals surface area contributed by atoms with Crippen molar-refractivity contribution in [2.45, 2.75) is 33.2 Å². The van der Waals surface area contributed by atoms with Crippen molar-refractivity contribution in [2.24, 2.45) is 5.92 Å². The van der Waals surface area contributed by atoms with E-state index in [0.717, 1.165) is 11.1 Å². The Labute approximate surface area is 153 Å². The van der Waals surface area contributed by atoms with Gasteiger partial charge < -0.3 is 10.6 Å². The molecule has 2 amide bonds. The molecule has 1 atom stereocenters. The number of nitrogens with one attached hydrogen (secondary N) is 2. The third-order valence-electron chi connectivity index (χ3n) is 4.15. The first-order valence-electron chi connectivity index (χ1n) is 8.76. The fourth-order valence-corrected chi connectivity index (χ4v) is 2.60. The van der Waals surface area contributed by atoms with Crippen LogP contribution < -0.4 is 10.6 Å². The minimum absolute atomic E-state index is 0.0569. The molecule has 1 unspecified atom stereocenters. The van der Waals surface area contributed by atoms with Crippen molar-refractivity contribution >= 4 is 11.8 Å². The van der Waals surface area contributed by atoms with Gasteiger partial charge in [-0.25, -0.2) is 4.39 Å². The average molecular weight is 356 g/mol. The van der Waals surface area contributed by atoms with E-state index in [0.29, 0.717) is 18.5 Å². The molecule has 0 aliphatic heterocycles. The molecule has 26 heavy (non-hydrogen) atoms. The van der Waals surface area contributed by atoms with E-state index in [1.54, 1.807) is 18.2 Å². The van der Waals surface area contributed by atoms with E-state index < -0.39 is 6.04 Å². The molecule has 0 bridgehead atoms. The fourth-order valence-electron chi connectivity index (χ4n) is 2.60. The third kappa shape index (κ3) is 5.69. The van der Waals surface area contributed by atoms with Crippen molar-refractivity contribution in [1.82, 2.24) is 10.6 Å². The van der Waals surface area contributed by atoms with Gasteiger partial charge in [0.2, 0.25) is 5.91 Å². The van der Waals surface area contributed by atoms with Crippen molar-refractivity contribution in [3.05, 3.63) is 71.0 Å². The zero-order chi connectivity index (χ0) is 19.1. The second-order valence-electron chi connectivity index (χ2n) is 6.73. The molecule has 138 valence electrons. The molecule has 0 aliphatic rings. The topological polar surface area (TPSA) is 58.2 Å². The Hall–Kier alpha value is -2.69. The summed E-state index contributed by atoms with van der Waals surface area (Å²) in [6.07, 6.45) is 0.528. The number of hydrogen-bond donors (Lipinski definition) is 2. The predicted octanol–water partition coefficient (Wildman–Crippen LogP) is 3.25. The smallest absolute Gasteiger partial charge is 0.251 e. The minimum Gasteiger partial charge on any atom is -0.354 e. The lowest BCUT2D eigenvalue weighted by Crippen LogP contribution is -2.50. The van der Waals surface area contributed by atoms with Crippen molar-refractivity contribution in [2.75, 3.05) is 6.54 Å². The molecular formula is C21H25FN2O2. The minimum atomic E-state index is -0.628. The summed E-state index contributed by atoms with van der Waals surface area (Å²) in [5.41, 5.74) is 2.40. The summed E-state index contributed by atoms with van der Waals surface area (Å²) in [6, 6.07) is 12.9. The molecule has 0 saturated carbocycles. The van der Waals surface area contributed by atoms with E-state index in [4.69, 9.17) is 0 Å². The molecule has 4 nitrogen and oxygen atoms in total. The normalized spacial score (nSPS) is 11.9. The Morgan fingerprint density at radius 2 is 1.77 bits per heavy atom. The molecule has 2 rings (SSSR count). The van der Waals surface area contributed by atoms with Gasteiger partial charge >= 0.3 is 0 Å². The number of rotatable bonds is 7. The molecule has 2 aromatic rings. The quantitative estimate of drug-likeness (QED) is 0.800. The Kier molecular flexibility index (Phi) is 6.89. The summed E-state index contributed by atoms with van der Waals surface area (Å²) >= 11 is 0. The van der Waals surface area contributed by atoms with Crippen LogP contribution in [0.4, 0.5) is 4.39 Å². The lowest BCUT2D eigenvalue weighted by Gasteiger charge is -2.22. The first kappa shape index (κ1) is 19.6. The molecule has 0 spiro atoms. The van der Waals surface area contributed by atoms with E-state index >= 15 is 0 Å². The first-order chi connectivity index (χ1) is 12.4. The number of hydrogen-bond acceptors (Lipinski definition) is 2. The lowest BCUT2D eigenvalue weighted by atomic mass is 10.0. The Morgan fingerprint density at radius 3 is 2.38 bits per heavy atom. The van der Waals surface area contributed by atoms with Gasteiger partial charge in [0, 0.05) is 12.1 Å². The largest absolute Gasteiger partial charge is 0.354 e. The fraction of sp³-hybridized carbons (Fsp3) is 0.333. The Morgan fingerprint density at radius 1 is 1.08 bits per heavy atom. The number of amides is 2. The van der Waals surface area contributed by atoms with Crippen LogP contribution in [0, 0.1) is 18.7 Å².